The smallest absolute Gasteiger partial charge is 0.175 e. The van der Waals surface area contributed by atoms with E-state index in [2.05, 4.69) is 5.10 Å². The molecule has 84 valence electrons. The second-order valence-corrected chi connectivity index (χ2v) is 5.28. The van der Waals surface area contributed by atoms with Gasteiger partial charge < -0.3 is 4.74 Å². The number of hydrogen-bond acceptors (Lipinski definition) is 3. The summed E-state index contributed by atoms with van der Waals surface area (Å²) < 4.78 is 6.94. The lowest BCUT2D eigenvalue weighted by Gasteiger charge is -2.21. The van der Waals surface area contributed by atoms with Crippen molar-refractivity contribution < 1.29 is 4.74 Å². The summed E-state index contributed by atoms with van der Waals surface area (Å²) in [6.07, 6.45) is 4.27. The standard InChI is InChI=1S/C10H15ClN2OS/c1-14-9-5-12-13(10(9)11)6-8-3-2-4-15-7-8/h5,8H,2-4,6-7H2,1H3. The maximum atomic E-state index is 6.11. The molecule has 0 aliphatic carbocycles. The largest absolute Gasteiger partial charge is 0.492 e. The van der Waals surface area contributed by atoms with Crippen LogP contribution in [0.5, 0.6) is 5.75 Å². The highest BCUT2D eigenvalue weighted by molar-refractivity contribution is 7.99. The van der Waals surface area contributed by atoms with E-state index < -0.39 is 0 Å². The molecule has 0 bridgehead atoms. The van der Waals surface area contributed by atoms with E-state index >= 15 is 0 Å². The highest BCUT2D eigenvalue weighted by Gasteiger charge is 2.17. The quantitative estimate of drug-likeness (QED) is 0.821. The fourth-order valence-electron chi connectivity index (χ4n) is 1.81. The van der Waals surface area contributed by atoms with E-state index in [0.29, 0.717) is 16.8 Å². The number of aromatic nitrogens is 2. The van der Waals surface area contributed by atoms with E-state index in [1.807, 2.05) is 16.4 Å². The van der Waals surface area contributed by atoms with Gasteiger partial charge in [-0.05, 0) is 30.3 Å². The Labute approximate surface area is 99.1 Å². The Morgan fingerprint density at radius 1 is 1.73 bits per heavy atom. The maximum Gasteiger partial charge on any atom is 0.175 e. The van der Waals surface area contributed by atoms with Crippen molar-refractivity contribution in [3.05, 3.63) is 11.3 Å². The number of halogens is 1. The summed E-state index contributed by atoms with van der Waals surface area (Å²) in [5, 5.41) is 4.85. The van der Waals surface area contributed by atoms with Crippen LogP contribution in [0.3, 0.4) is 0 Å². The van der Waals surface area contributed by atoms with Crippen molar-refractivity contribution in [3.63, 3.8) is 0 Å². The highest BCUT2D eigenvalue weighted by Crippen LogP contribution is 2.28. The molecular weight excluding hydrogens is 232 g/mol. The van der Waals surface area contributed by atoms with Gasteiger partial charge in [0.1, 0.15) is 0 Å². The minimum absolute atomic E-state index is 0.619. The fraction of sp³-hybridized carbons (Fsp3) is 0.700. The summed E-state index contributed by atoms with van der Waals surface area (Å²) in [6.45, 7) is 0.912. The lowest BCUT2D eigenvalue weighted by Crippen LogP contribution is -2.18. The molecule has 1 unspecified atom stereocenters. The summed E-state index contributed by atoms with van der Waals surface area (Å²) in [4.78, 5) is 0. The van der Waals surface area contributed by atoms with Crippen LogP contribution < -0.4 is 4.74 Å². The molecule has 2 heterocycles. The maximum absolute atomic E-state index is 6.11. The first-order valence-electron chi connectivity index (χ1n) is 5.14. The molecule has 2 rings (SSSR count). The third-order valence-corrected chi connectivity index (χ3v) is 4.32. The molecule has 5 heteroatoms. The number of hydrogen-bond donors (Lipinski definition) is 0. The first-order valence-corrected chi connectivity index (χ1v) is 6.67. The van der Waals surface area contributed by atoms with Crippen molar-refractivity contribution in [3.8, 4) is 5.75 Å². The Morgan fingerprint density at radius 3 is 3.20 bits per heavy atom. The molecule has 1 aromatic rings. The van der Waals surface area contributed by atoms with Gasteiger partial charge in [0.05, 0.1) is 13.3 Å². The minimum atomic E-state index is 0.619. The van der Waals surface area contributed by atoms with Crippen molar-refractivity contribution in [1.82, 2.24) is 9.78 Å². The zero-order chi connectivity index (χ0) is 10.7. The molecule has 3 nitrogen and oxygen atoms in total. The number of nitrogens with zero attached hydrogens (tertiary/aromatic N) is 2. The lowest BCUT2D eigenvalue weighted by atomic mass is 10.1. The van der Waals surface area contributed by atoms with Gasteiger partial charge in [-0.2, -0.15) is 16.9 Å². The van der Waals surface area contributed by atoms with Crippen LogP contribution in [-0.4, -0.2) is 28.4 Å². The minimum Gasteiger partial charge on any atom is -0.492 e. The molecule has 0 spiro atoms. The van der Waals surface area contributed by atoms with Crippen molar-refractivity contribution in [2.75, 3.05) is 18.6 Å². The molecule has 0 radical (unpaired) electrons. The average molecular weight is 247 g/mol. The van der Waals surface area contributed by atoms with Gasteiger partial charge >= 0.3 is 0 Å². The second kappa shape index (κ2) is 5.12. The number of thioether (sulfide) groups is 1. The van der Waals surface area contributed by atoms with Crippen LogP contribution in [0.2, 0.25) is 5.15 Å². The Morgan fingerprint density at radius 2 is 2.60 bits per heavy atom. The first-order chi connectivity index (χ1) is 7.31. The monoisotopic (exact) mass is 246 g/mol. The fourth-order valence-corrected chi connectivity index (χ4v) is 3.19. The predicted octanol–water partition coefficient (Wildman–Crippen LogP) is 2.69. The van der Waals surface area contributed by atoms with Gasteiger partial charge in [0.15, 0.2) is 10.9 Å². The van der Waals surface area contributed by atoms with E-state index in [9.17, 15) is 0 Å². The zero-order valence-electron chi connectivity index (χ0n) is 8.78. The summed E-state index contributed by atoms with van der Waals surface area (Å²) in [5.41, 5.74) is 0. The van der Waals surface area contributed by atoms with Crippen LogP contribution >= 0.6 is 23.4 Å². The second-order valence-electron chi connectivity index (χ2n) is 3.77. The van der Waals surface area contributed by atoms with Gasteiger partial charge in [0, 0.05) is 6.54 Å². The molecule has 0 N–H and O–H groups in total. The Hall–Kier alpha value is -0.350. The van der Waals surface area contributed by atoms with Crippen LogP contribution in [0.15, 0.2) is 6.20 Å². The first kappa shape index (κ1) is 11.1. The highest BCUT2D eigenvalue weighted by atomic mass is 35.5. The summed E-state index contributed by atoms with van der Waals surface area (Å²) in [6, 6.07) is 0. The van der Waals surface area contributed by atoms with E-state index in [1.165, 1.54) is 24.3 Å². The van der Waals surface area contributed by atoms with Crippen LogP contribution in [-0.2, 0) is 6.54 Å². The summed E-state index contributed by atoms with van der Waals surface area (Å²) in [7, 11) is 1.61. The third-order valence-electron chi connectivity index (χ3n) is 2.65. The normalized spacial score (nSPS) is 21.6. The van der Waals surface area contributed by atoms with E-state index in [0.717, 1.165) is 6.54 Å². The van der Waals surface area contributed by atoms with Crippen molar-refractivity contribution in [2.45, 2.75) is 19.4 Å². The van der Waals surface area contributed by atoms with E-state index in [4.69, 9.17) is 16.3 Å². The molecule has 0 saturated carbocycles. The molecule has 1 saturated heterocycles. The van der Waals surface area contributed by atoms with Gasteiger partial charge in [0.25, 0.3) is 0 Å². The molecule has 1 aliphatic rings. The van der Waals surface area contributed by atoms with Crippen LogP contribution in [0, 0.1) is 5.92 Å². The molecule has 1 fully saturated rings. The Balaban J connectivity index is 2.00. The van der Waals surface area contributed by atoms with Gasteiger partial charge in [-0.1, -0.05) is 11.6 Å². The van der Waals surface area contributed by atoms with Gasteiger partial charge in [-0.15, -0.1) is 0 Å². The molecule has 1 aromatic heterocycles. The van der Waals surface area contributed by atoms with Crippen LogP contribution in [0.4, 0.5) is 0 Å². The van der Waals surface area contributed by atoms with E-state index in [1.54, 1.807) is 13.3 Å². The molecule has 15 heavy (non-hydrogen) atoms. The van der Waals surface area contributed by atoms with Gasteiger partial charge in [-0.3, -0.25) is 4.68 Å². The van der Waals surface area contributed by atoms with Crippen LogP contribution in [0.25, 0.3) is 0 Å². The SMILES string of the molecule is COc1cnn(CC2CCCSC2)c1Cl. The zero-order valence-corrected chi connectivity index (χ0v) is 10.4. The molecular formula is C10H15ClN2OS. The van der Waals surface area contributed by atoms with Crippen molar-refractivity contribution >= 4 is 23.4 Å². The van der Waals surface area contributed by atoms with E-state index in [-0.39, 0.29) is 0 Å². The predicted molar refractivity (Wildman–Crippen MR) is 63.8 cm³/mol. The molecule has 1 aliphatic heterocycles. The van der Waals surface area contributed by atoms with Crippen molar-refractivity contribution in [1.29, 1.82) is 0 Å². The Bertz CT molecular complexity index is 323. The topological polar surface area (TPSA) is 27.1 Å². The third kappa shape index (κ3) is 2.61. The lowest BCUT2D eigenvalue weighted by molar-refractivity contribution is 0.405. The van der Waals surface area contributed by atoms with Crippen LogP contribution in [0.1, 0.15) is 12.8 Å². The summed E-state index contributed by atoms with van der Waals surface area (Å²) >= 11 is 8.14. The Kier molecular flexibility index (Phi) is 3.81. The number of ether oxygens (including phenoxy) is 1. The number of rotatable bonds is 3. The molecule has 0 aromatic carbocycles. The van der Waals surface area contributed by atoms with Gasteiger partial charge in [-0.25, -0.2) is 0 Å². The molecule has 0 amide bonds. The number of methoxy groups -OCH3 is 1. The summed E-state index contributed by atoms with van der Waals surface area (Å²) in [5.74, 6) is 3.89. The average Bonchev–Trinajstić information content (AvgIpc) is 2.62. The van der Waals surface area contributed by atoms with Crippen molar-refractivity contribution in [2.24, 2.45) is 5.92 Å². The molecule has 1 atom stereocenters. The van der Waals surface area contributed by atoms with Gasteiger partial charge in [0.2, 0.25) is 0 Å².